The third kappa shape index (κ3) is 3.19. The molecule has 1 aliphatic rings. The van der Waals surface area contributed by atoms with Crippen LogP contribution in [-0.2, 0) is 0 Å². The zero-order valence-electron chi connectivity index (χ0n) is 15.6. The molecule has 1 aromatic carbocycles. The highest BCUT2D eigenvalue weighted by Crippen LogP contribution is 2.39. The van der Waals surface area contributed by atoms with Gasteiger partial charge in [-0.2, -0.15) is 0 Å². The van der Waals surface area contributed by atoms with Crippen molar-refractivity contribution in [3.63, 3.8) is 0 Å². The molecule has 0 unspecified atom stereocenters. The number of likely N-dealkylation sites (tertiary alicyclic amines) is 1. The highest BCUT2D eigenvalue weighted by atomic mass is 16.5. The van der Waals surface area contributed by atoms with E-state index in [-0.39, 0.29) is 22.9 Å². The first-order valence-corrected chi connectivity index (χ1v) is 8.67. The molecule has 1 amide bonds. The number of benzene rings is 1. The maximum absolute atomic E-state index is 12.9. The number of aryl methyl sites for hydroxylation is 2. The molecule has 1 aromatic heterocycles. The molecule has 1 fully saturated rings. The largest absolute Gasteiger partial charge is 0.493 e. The molecule has 1 atom stereocenters. The van der Waals surface area contributed by atoms with Crippen molar-refractivity contribution in [2.75, 3.05) is 27.3 Å². The fraction of sp³-hybridized carbons (Fsp3) is 0.400. The Hall–Kier alpha value is -2.76. The SMILES string of the molecule is COc1cccc([C@H]2CCN(C(=O)c3c(C)cc(C)[nH]c3=O)C2)c1OC. The summed E-state index contributed by atoms with van der Waals surface area (Å²) in [7, 11) is 3.23. The first-order chi connectivity index (χ1) is 12.5. The first-order valence-electron chi connectivity index (χ1n) is 8.67. The summed E-state index contributed by atoms with van der Waals surface area (Å²) in [4.78, 5) is 29.6. The number of carbonyl (C=O) groups excluding carboxylic acids is 1. The van der Waals surface area contributed by atoms with Gasteiger partial charge in [0.1, 0.15) is 5.56 Å². The van der Waals surface area contributed by atoms with Gasteiger partial charge in [-0.25, -0.2) is 0 Å². The molecule has 2 aromatic rings. The van der Waals surface area contributed by atoms with Crippen molar-refractivity contribution < 1.29 is 14.3 Å². The van der Waals surface area contributed by atoms with Gasteiger partial charge in [-0.05, 0) is 38.0 Å². The number of hydrogen-bond donors (Lipinski definition) is 1. The summed E-state index contributed by atoms with van der Waals surface area (Å²) in [6, 6.07) is 7.61. The average molecular weight is 356 g/mol. The van der Waals surface area contributed by atoms with Gasteiger partial charge in [0.2, 0.25) is 0 Å². The minimum atomic E-state index is -0.324. The van der Waals surface area contributed by atoms with Gasteiger partial charge in [0.15, 0.2) is 11.5 Å². The maximum atomic E-state index is 12.9. The summed E-state index contributed by atoms with van der Waals surface area (Å²) in [6.07, 6.45) is 0.818. The number of hydrogen-bond acceptors (Lipinski definition) is 4. The normalized spacial score (nSPS) is 16.6. The Morgan fingerprint density at radius 1 is 1.23 bits per heavy atom. The quantitative estimate of drug-likeness (QED) is 0.914. The molecule has 6 heteroatoms. The fourth-order valence-corrected chi connectivity index (χ4v) is 3.71. The van der Waals surface area contributed by atoms with Gasteiger partial charge in [0, 0.05) is 30.3 Å². The van der Waals surface area contributed by atoms with Gasteiger partial charge in [0.05, 0.1) is 14.2 Å². The van der Waals surface area contributed by atoms with Crippen LogP contribution in [0.15, 0.2) is 29.1 Å². The molecule has 26 heavy (non-hydrogen) atoms. The molecular formula is C20H24N2O4. The average Bonchev–Trinajstić information content (AvgIpc) is 3.09. The van der Waals surface area contributed by atoms with Crippen molar-refractivity contribution >= 4 is 5.91 Å². The van der Waals surface area contributed by atoms with E-state index in [4.69, 9.17) is 9.47 Å². The second-order valence-electron chi connectivity index (χ2n) is 6.66. The topological polar surface area (TPSA) is 71.6 Å². The van der Waals surface area contributed by atoms with Gasteiger partial charge in [0.25, 0.3) is 11.5 Å². The molecule has 0 aliphatic carbocycles. The van der Waals surface area contributed by atoms with Crippen LogP contribution in [0.3, 0.4) is 0 Å². The van der Waals surface area contributed by atoms with Crippen LogP contribution in [0.25, 0.3) is 0 Å². The van der Waals surface area contributed by atoms with Gasteiger partial charge in [-0.3, -0.25) is 9.59 Å². The van der Waals surface area contributed by atoms with Crippen molar-refractivity contribution in [3.05, 3.63) is 57.0 Å². The lowest BCUT2D eigenvalue weighted by Gasteiger charge is -2.19. The lowest BCUT2D eigenvalue weighted by Crippen LogP contribution is -2.34. The van der Waals surface area contributed by atoms with Crippen molar-refractivity contribution in [3.8, 4) is 11.5 Å². The standard InChI is InChI=1S/C20H24N2O4/c1-12-10-13(2)21-19(23)17(12)20(24)22-9-8-14(11-22)15-6-5-7-16(25-3)18(15)26-4/h5-7,10,14H,8-9,11H2,1-4H3,(H,21,23)/t14-/m0/s1. The van der Waals surface area contributed by atoms with E-state index < -0.39 is 0 Å². The molecule has 1 N–H and O–H groups in total. The molecule has 0 bridgehead atoms. The van der Waals surface area contributed by atoms with E-state index in [2.05, 4.69) is 4.98 Å². The summed E-state index contributed by atoms with van der Waals surface area (Å²) in [6.45, 7) is 4.77. The number of methoxy groups -OCH3 is 2. The molecule has 1 saturated heterocycles. The van der Waals surface area contributed by atoms with E-state index in [0.717, 1.165) is 17.7 Å². The van der Waals surface area contributed by atoms with Crippen LogP contribution in [-0.4, -0.2) is 43.1 Å². The van der Waals surface area contributed by atoms with Gasteiger partial charge < -0.3 is 19.4 Å². The Labute approximate surface area is 152 Å². The van der Waals surface area contributed by atoms with E-state index in [1.807, 2.05) is 31.2 Å². The molecule has 0 radical (unpaired) electrons. The minimum Gasteiger partial charge on any atom is -0.493 e. The highest BCUT2D eigenvalue weighted by Gasteiger charge is 2.32. The van der Waals surface area contributed by atoms with E-state index in [1.54, 1.807) is 26.0 Å². The molecule has 0 saturated carbocycles. The predicted molar refractivity (Wildman–Crippen MR) is 99.3 cm³/mol. The number of nitrogens with zero attached hydrogens (tertiary/aromatic N) is 1. The highest BCUT2D eigenvalue weighted by molar-refractivity contribution is 5.95. The number of aromatic amines is 1. The van der Waals surface area contributed by atoms with Crippen LogP contribution in [0.1, 0.15) is 39.5 Å². The van der Waals surface area contributed by atoms with Crippen molar-refractivity contribution in [2.24, 2.45) is 0 Å². The number of ether oxygens (including phenoxy) is 2. The molecule has 1 aliphatic heterocycles. The molecule has 3 rings (SSSR count). The zero-order chi connectivity index (χ0) is 18.8. The van der Waals surface area contributed by atoms with Crippen LogP contribution in [0, 0.1) is 13.8 Å². The minimum absolute atomic E-state index is 0.147. The van der Waals surface area contributed by atoms with Gasteiger partial charge in [-0.15, -0.1) is 0 Å². The van der Waals surface area contributed by atoms with Gasteiger partial charge in [-0.1, -0.05) is 12.1 Å². The Morgan fingerprint density at radius 3 is 2.65 bits per heavy atom. The number of carbonyl (C=O) groups is 1. The van der Waals surface area contributed by atoms with Crippen LogP contribution in [0.5, 0.6) is 11.5 Å². The van der Waals surface area contributed by atoms with E-state index >= 15 is 0 Å². The second kappa shape index (κ2) is 7.23. The van der Waals surface area contributed by atoms with Crippen LogP contribution >= 0.6 is 0 Å². The van der Waals surface area contributed by atoms with E-state index in [1.165, 1.54) is 0 Å². The number of H-pyrrole nitrogens is 1. The number of pyridine rings is 1. The molecule has 2 heterocycles. The Kier molecular flexibility index (Phi) is 5.02. The number of amides is 1. The van der Waals surface area contributed by atoms with Gasteiger partial charge >= 0.3 is 0 Å². The Morgan fingerprint density at radius 2 is 2.00 bits per heavy atom. The maximum Gasteiger partial charge on any atom is 0.261 e. The van der Waals surface area contributed by atoms with Crippen molar-refractivity contribution in [2.45, 2.75) is 26.2 Å². The predicted octanol–water partition coefficient (Wildman–Crippen LogP) is 2.64. The molecule has 138 valence electrons. The Bertz CT molecular complexity index is 888. The van der Waals surface area contributed by atoms with E-state index in [9.17, 15) is 9.59 Å². The Balaban J connectivity index is 1.86. The van der Waals surface area contributed by atoms with Crippen LogP contribution in [0.2, 0.25) is 0 Å². The van der Waals surface area contributed by atoms with Crippen molar-refractivity contribution in [1.82, 2.24) is 9.88 Å². The summed E-state index contributed by atoms with van der Waals surface area (Å²) >= 11 is 0. The summed E-state index contributed by atoms with van der Waals surface area (Å²) < 4.78 is 10.9. The van der Waals surface area contributed by atoms with Crippen LogP contribution < -0.4 is 15.0 Å². The number of nitrogens with one attached hydrogen (secondary N) is 1. The lowest BCUT2D eigenvalue weighted by atomic mass is 9.97. The monoisotopic (exact) mass is 356 g/mol. The number of aromatic nitrogens is 1. The molecule has 6 nitrogen and oxygen atoms in total. The lowest BCUT2D eigenvalue weighted by molar-refractivity contribution is 0.0788. The molecular weight excluding hydrogens is 332 g/mol. The van der Waals surface area contributed by atoms with Crippen LogP contribution in [0.4, 0.5) is 0 Å². The third-order valence-electron chi connectivity index (χ3n) is 4.93. The molecule has 0 spiro atoms. The smallest absolute Gasteiger partial charge is 0.261 e. The third-order valence-corrected chi connectivity index (χ3v) is 4.93. The fourth-order valence-electron chi connectivity index (χ4n) is 3.71. The number of rotatable bonds is 4. The second-order valence-corrected chi connectivity index (χ2v) is 6.66. The van der Waals surface area contributed by atoms with E-state index in [0.29, 0.717) is 30.2 Å². The summed E-state index contributed by atoms with van der Waals surface area (Å²) in [5.41, 5.74) is 2.39. The first kappa shape index (κ1) is 18.0. The summed E-state index contributed by atoms with van der Waals surface area (Å²) in [5.74, 6) is 1.32. The van der Waals surface area contributed by atoms with Crippen molar-refractivity contribution in [1.29, 1.82) is 0 Å². The summed E-state index contributed by atoms with van der Waals surface area (Å²) in [5, 5.41) is 0. The number of para-hydroxylation sites is 1. The zero-order valence-corrected chi connectivity index (χ0v) is 15.6.